The molecule has 1 aromatic heterocycles. The van der Waals surface area contributed by atoms with Crippen LogP contribution in [-0.4, -0.2) is 34.3 Å². The zero-order chi connectivity index (χ0) is 17.3. The number of nitrogens with one attached hydrogen (secondary N) is 1. The lowest BCUT2D eigenvalue weighted by atomic mass is 10.1. The molecule has 1 unspecified atom stereocenters. The highest BCUT2D eigenvalue weighted by Gasteiger charge is 2.33. The molecule has 0 aliphatic carbocycles. The van der Waals surface area contributed by atoms with Crippen molar-refractivity contribution in [3.8, 4) is 0 Å². The molecule has 126 valence electrons. The molecule has 0 saturated carbocycles. The van der Waals surface area contributed by atoms with Crippen LogP contribution >= 0.6 is 0 Å². The first-order valence-corrected chi connectivity index (χ1v) is 8.03. The lowest BCUT2D eigenvalue weighted by Gasteiger charge is -2.17. The molecule has 1 aliphatic heterocycles. The number of likely N-dealkylation sites (tertiary alicyclic amines) is 1. The van der Waals surface area contributed by atoms with Crippen LogP contribution in [0.25, 0.3) is 0 Å². The number of hydrogen-bond donors (Lipinski definition) is 1. The highest BCUT2D eigenvalue weighted by atomic mass is 16.4. The average molecular weight is 327 g/mol. The highest BCUT2D eigenvalue weighted by Crippen LogP contribution is 2.17. The van der Waals surface area contributed by atoms with Gasteiger partial charge in [-0.15, -0.1) is 0 Å². The molecule has 2 heterocycles. The molecule has 1 aromatic carbocycles. The number of carbonyl (C=O) groups is 2. The number of benzene rings is 1. The van der Waals surface area contributed by atoms with Crippen LogP contribution in [-0.2, 0) is 11.3 Å². The number of oxazole rings is 1. The van der Waals surface area contributed by atoms with Crippen molar-refractivity contribution in [1.82, 2.24) is 15.2 Å². The minimum atomic E-state index is -0.507. The molecule has 1 saturated heterocycles. The van der Waals surface area contributed by atoms with Crippen molar-refractivity contribution in [1.29, 1.82) is 0 Å². The molecule has 2 aromatic rings. The van der Waals surface area contributed by atoms with Crippen molar-refractivity contribution in [3.05, 3.63) is 52.7 Å². The summed E-state index contributed by atoms with van der Waals surface area (Å²) in [6.07, 6.45) is 0.600. The van der Waals surface area contributed by atoms with E-state index in [1.807, 2.05) is 31.2 Å². The average Bonchev–Trinajstić information content (AvgIpc) is 3.05. The lowest BCUT2D eigenvalue weighted by Crippen LogP contribution is -2.41. The van der Waals surface area contributed by atoms with Gasteiger partial charge < -0.3 is 14.6 Å². The van der Waals surface area contributed by atoms with Gasteiger partial charge in [0.15, 0.2) is 5.89 Å². The third-order valence-corrected chi connectivity index (χ3v) is 4.21. The van der Waals surface area contributed by atoms with Gasteiger partial charge in [0, 0.05) is 20.0 Å². The summed E-state index contributed by atoms with van der Waals surface area (Å²) in [5.74, 6) is 0.176. The van der Waals surface area contributed by atoms with Gasteiger partial charge in [0.1, 0.15) is 6.04 Å². The number of aromatic nitrogens is 1. The molecular weight excluding hydrogens is 306 g/mol. The van der Waals surface area contributed by atoms with Crippen LogP contribution in [0.1, 0.15) is 39.7 Å². The quantitative estimate of drug-likeness (QED) is 0.933. The highest BCUT2D eigenvalue weighted by molar-refractivity contribution is 5.96. The normalized spacial score (nSPS) is 17.4. The Morgan fingerprint density at radius 2 is 2.00 bits per heavy atom. The second kappa shape index (κ2) is 6.47. The van der Waals surface area contributed by atoms with Crippen LogP contribution in [0.4, 0.5) is 0 Å². The van der Waals surface area contributed by atoms with Crippen molar-refractivity contribution in [3.63, 3.8) is 0 Å². The van der Waals surface area contributed by atoms with E-state index in [-0.39, 0.29) is 17.6 Å². The molecule has 24 heavy (non-hydrogen) atoms. The molecule has 6 heteroatoms. The van der Waals surface area contributed by atoms with Crippen LogP contribution < -0.4 is 5.32 Å². The maximum absolute atomic E-state index is 12.5. The molecule has 1 N–H and O–H groups in total. The number of aryl methyl sites for hydroxylation is 3. The maximum Gasteiger partial charge on any atom is 0.289 e. The van der Waals surface area contributed by atoms with Crippen LogP contribution in [0.3, 0.4) is 0 Å². The van der Waals surface area contributed by atoms with Crippen LogP contribution in [0.5, 0.6) is 0 Å². The lowest BCUT2D eigenvalue weighted by molar-refractivity contribution is -0.129. The van der Waals surface area contributed by atoms with Crippen LogP contribution in [0.15, 0.2) is 28.7 Å². The molecular formula is C18H21N3O3. The van der Waals surface area contributed by atoms with Gasteiger partial charge in [0.25, 0.3) is 5.91 Å². The van der Waals surface area contributed by atoms with Gasteiger partial charge in [-0.25, -0.2) is 4.98 Å². The first kappa shape index (κ1) is 16.2. The summed E-state index contributed by atoms with van der Waals surface area (Å²) in [5.41, 5.74) is 2.81. The number of nitrogens with zero attached hydrogens (tertiary/aromatic N) is 2. The van der Waals surface area contributed by atoms with Crippen molar-refractivity contribution in [2.75, 3.05) is 6.54 Å². The molecule has 1 aliphatic rings. The summed E-state index contributed by atoms with van der Waals surface area (Å²) < 4.78 is 5.31. The van der Waals surface area contributed by atoms with Gasteiger partial charge in [-0.05, 0) is 25.8 Å². The third kappa shape index (κ3) is 3.32. The van der Waals surface area contributed by atoms with Gasteiger partial charge >= 0.3 is 0 Å². The second-order valence-corrected chi connectivity index (χ2v) is 6.21. The Morgan fingerprint density at radius 3 is 2.62 bits per heavy atom. The fraction of sp³-hybridized carbons (Fsp3) is 0.389. The standard InChI is InChI=1S/C18H21N3O3/c1-11-4-6-14(7-5-11)10-21-9-8-15(18(21)23)20-17(22)16-12(2)19-13(3)24-16/h4-7,15H,8-10H2,1-3H3,(H,20,22). The van der Waals surface area contributed by atoms with Gasteiger partial charge in [0.2, 0.25) is 11.7 Å². The van der Waals surface area contributed by atoms with Crippen molar-refractivity contribution < 1.29 is 14.0 Å². The largest absolute Gasteiger partial charge is 0.436 e. The first-order valence-electron chi connectivity index (χ1n) is 8.03. The van der Waals surface area contributed by atoms with E-state index in [0.29, 0.717) is 31.1 Å². The van der Waals surface area contributed by atoms with E-state index in [9.17, 15) is 9.59 Å². The summed E-state index contributed by atoms with van der Waals surface area (Å²) in [5, 5.41) is 2.76. The smallest absolute Gasteiger partial charge is 0.289 e. The minimum absolute atomic E-state index is 0.0576. The summed E-state index contributed by atoms with van der Waals surface area (Å²) >= 11 is 0. The van der Waals surface area contributed by atoms with Crippen molar-refractivity contribution in [2.45, 2.75) is 39.8 Å². The molecule has 6 nitrogen and oxygen atoms in total. The van der Waals surface area contributed by atoms with E-state index in [0.717, 1.165) is 5.56 Å². The third-order valence-electron chi connectivity index (χ3n) is 4.21. The zero-order valence-electron chi connectivity index (χ0n) is 14.1. The van der Waals surface area contributed by atoms with Crippen molar-refractivity contribution in [2.24, 2.45) is 0 Å². The molecule has 3 rings (SSSR count). The Labute approximate surface area is 140 Å². The summed E-state index contributed by atoms with van der Waals surface area (Å²) in [7, 11) is 0. The van der Waals surface area contributed by atoms with Gasteiger partial charge in [-0.3, -0.25) is 9.59 Å². The molecule has 1 fully saturated rings. The van der Waals surface area contributed by atoms with Crippen molar-refractivity contribution >= 4 is 11.8 Å². The number of amides is 2. The Hall–Kier alpha value is -2.63. The second-order valence-electron chi connectivity index (χ2n) is 6.21. The number of rotatable bonds is 4. The molecule has 1 atom stereocenters. The SMILES string of the molecule is Cc1ccc(CN2CCC(NC(=O)c3oc(C)nc3C)C2=O)cc1. The van der Waals surface area contributed by atoms with E-state index in [1.165, 1.54) is 5.56 Å². The first-order chi connectivity index (χ1) is 11.4. The molecule has 0 radical (unpaired) electrons. The Kier molecular flexibility index (Phi) is 4.38. The van der Waals surface area contributed by atoms with E-state index in [1.54, 1.807) is 18.7 Å². The van der Waals surface area contributed by atoms with Gasteiger partial charge in [0.05, 0.1) is 5.69 Å². The molecule has 0 bridgehead atoms. The summed E-state index contributed by atoms with van der Waals surface area (Å²) in [6.45, 7) is 6.63. The minimum Gasteiger partial charge on any atom is -0.436 e. The predicted octanol–water partition coefficient (Wildman–Crippen LogP) is 2.13. The van der Waals surface area contributed by atoms with E-state index >= 15 is 0 Å². The topological polar surface area (TPSA) is 75.4 Å². The van der Waals surface area contributed by atoms with E-state index in [2.05, 4.69) is 10.3 Å². The molecule has 0 spiro atoms. The molecule has 2 amide bonds. The fourth-order valence-corrected chi connectivity index (χ4v) is 2.91. The Bertz CT molecular complexity index is 764. The number of hydrogen-bond acceptors (Lipinski definition) is 4. The van der Waals surface area contributed by atoms with Gasteiger partial charge in [-0.1, -0.05) is 29.8 Å². The summed E-state index contributed by atoms with van der Waals surface area (Å²) in [4.78, 5) is 30.6. The van der Waals surface area contributed by atoms with Crippen LogP contribution in [0, 0.1) is 20.8 Å². The zero-order valence-corrected chi connectivity index (χ0v) is 14.1. The Balaban J connectivity index is 1.62. The predicted molar refractivity (Wildman–Crippen MR) is 88.4 cm³/mol. The fourth-order valence-electron chi connectivity index (χ4n) is 2.91. The monoisotopic (exact) mass is 327 g/mol. The maximum atomic E-state index is 12.5. The van der Waals surface area contributed by atoms with Crippen LogP contribution in [0.2, 0.25) is 0 Å². The Morgan fingerprint density at radius 1 is 1.29 bits per heavy atom. The van der Waals surface area contributed by atoms with Gasteiger partial charge in [-0.2, -0.15) is 0 Å². The van der Waals surface area contributed by atoms with E-state index < -0.39 is 6.04 Å². The number of carbonyl (C=O) groups excluding carboxylic acids is 2. The summed E-state index contributed by atoms with van der Waals surface area (Å²) in [6, 6.07) is 7.60. The van der Waals surface area contributed by atoms with E-state index in [4.69, 9.17) is 4.42 Å².